The maximum atomic E-state index is 14.3. The molecule has 2 heterocycles. The highest BCUT2D eigenvalue weighted by Gasteiger charge is 2.51. The van der Waals surface area contributed by atoms with E-state index in [2.05, 4.69) is 41.9 Å². The number of para-hydroxylation sites is 1. The fraction of sp³-hybridized carbons (Fsp3) is 0.639. The molecule has 1 aromatic heterocycles. The van der Waals surface area contributed by atoms with E-state index in [0.29, 0.717) is 43.7 Å². The Bertz CT molecular complexity index is 1500. The van der Waals surface area contributed by atoms with Crippen LogP contribution in [0.3, 0.4) is 0 Å². The smallest absolute Gasteiger partial charge is 0.293 e. The van der Waals surface area contributed by atoms with Crippen LogP contribution in [0.4, 0.5) is 5.69 Å². The van der Waals surface area contributed by atoms with Gasteiger partial charge < -0.3 is 26.2 Å². The summed E-state index contributed by atoms with van der Waals surface area (Å²) >= 11 is 0. The van der Waals surface area contributed by atoms with Crippen LogP contribution in [0.25, 0.3) is 0 Å². The lowest BCUT2D eigenvalue weighted by atomic mass is 9.92. The third-order valence-electron chi connectivity index (χ3n) is 9.85. The molecule has 1 aliphatic carbocycles. The molecular weight excluding hydrogens is 654 g/mol. The summed E-state index contributed by atoms with van der Waals surface area (Å²) in [6, 6.07) is 4.89. The summed E-state index contributed by atoms with van der Waals surface area (Å²) in [4.78, 5) is 82.5. The van der Waals surface area contributed by atoms with Gasteiger partial charge in [-0.15, -0.1) is 10.2 Å². The number of hydrogen-bond donors (Lipinski definition) is 5. The largest absolute Gasteiger partial charge is 0.344 e. The normalized spacial score (nSPS) is 20.0. The van der Waals surface area contributed by atoms with E-state index in [9.17, 15) is 28.8 Å². The summed E-state index contributed by atoms with van der Waals surface area (Å²) < 4.78 is 0. The Kier molecular flexibility index (Phi) is 14.2. The zero-order chi connectivity index (χ0) is 37.1. The monoisotopic (exact) mass is 707 g/mol. The molecule has 0 radical (unpaired) electrons. The van der Waals surface area contributed by atoms with E-state index in [4.69, 9.17) is 0 Å². The van der Waals surface area contributed by atoms with Gasteiger partial charge in [0.1, 0.15) is 18.1 Å². The molecular formula is C36H53N9O6. The highest BCUT2D eigenvalue weighted by atomic mass is 16.2. The Balaban J connectivity index is 1.42. The van der Waals surface area contributed by atoms with E-state index < -0.39 is 47.7 Å². The molecule has 6 atom stereocenters. The van der Waals surface area contributed by atoms with Crippen molar-refractivity contribution < 1.29 is 28.8 Å². The molecule has 5 N–H and O–H groups in total. The molecule has 15 heteroatoms. The van der Waals surface area contributed by atoms with Gasteiger partial charge in [-0.1, -0.05) is 70.9 Å². The number of aromatic nitrogens is 4. The Labute approximate surface area is 299 Å². The van der Waals surface area contributed by atoms with Gasteiger partial charge in [0, 0.05) is 25.1 Å². The fourth-order valence-electron chi connectivity index (χ4n) is 7.13. The SMILES string of the molecule is CCCC(NC(=O)[C@@H]1C2CCCC2CN1C(=O)[C@@H](NC(=O)[C@@H](NC(=O)CCCCc1nn[nH]n1)C(C)C)C(C)C)C(=O)C(=O)Nc1ccccc1. The van der Waals surface area contributed by atoms with E-state index in [-0.39, 0.29) is 48.3 Å². The van der Waals surface area contributed by atoms with E-state index in [1.165, 1.54) is 0 Å². The van der Waals surface area contributed by atoms with Crippen molar-refractivity contribution >= 4 is 41.0 Å². The van der Waals surface area contributed by atoms with Crippen molar-refractivity contribution in [3.63, 3.8) is 0 Å². The molecule has 1 saturated carbocycles. The lowest BCUT2D eigenvalue weighted by Crippen LogP contribution is -2.60. The van der Waals surface area contributed by atoms with Crippen LogP contribution in [0.5, 0.6) is 0 Å². The van der Waals surface area contributed by atoms with Crippen LogP contribution >= 0.6 is 0 Å². The number of ketones is 1. The number of tetrazole rings is 1. The Hall–Kier alpha value is -4.69. The minimum atomic E-state index is -1.06. The summed E-state index contributed by atoms with van der Waals surface area (Å²) in [5, 5.41) is 24.9. The predicted molar refractivity (Wildman–Crippen MR) is 189 cm³/mol. The van der Waals surface area contributed by atoms with Gasteiger partial charge >= 0.3 is 0 Å². The molecule has 15 nitrogen and oxygen atoms in total. The fourth-order valence-corrected chi connectivity index (χ4v) is 7.13. The molecule has 1 aromatic carbocycles. The average molecular weight is 708 g/mol. The van der Waals surface area contributed by atoms with Crippen molar-refractivity contribution in [2.24, 2.45) is 23.7 Å². The lowest BCUT2D eigenvalue weighted by molar-refractivity contribution is -0.144. The number of aromatic amines is 1. The number of anilines is 1. The molecule has 0 bridgehead atoms. The second-order valence-electron chi connectivity index (χ2n) is 14.4. The third kappa shape index (κ3) is 10.4. The predicted octanol–water partition coefficient (Wildman–Crippen LogP) is 2.31. The number of likely N-dealkylation sites (tertiary alicyclic amines) is 1. The highest BCUT2D eigenvalue weighted by Crippen LogP contribution is 2.42. The number of hydrogen-bond acceptors (Lipinski definition) is 9. The molecule has 1 aliphatic heterocycles. The Morgan fingerprint density at radius 2 is 1.65 bits per heavy atom. The van der Waals surface area contributed by atoms with Crippen molar-refractivity contribution in [2.45, 2.75) is 117 Å². The molecule has 4 rings (SSSR count). The van der Waals surface area contributed by atoms with Crippen molar-refractivity contribution in [1.82, 2.24) is 41.5 Å². The topological polar surface area (TPSA) is 208 Å². The third-order valence-corrected chi connectivity index (χ3v) is 9.85. The first-order valence-electron chi connectivity index (χ1n) is 18.2. The van der Waals surface area contributed by atoms with Crippen molar-refractivity contribution in [3.05, 3.63) is 36.2 Å². The molecule has 5 amide bonds. The molecule has 0 spiro atoms. The minimum Gasteiger partial charge on any atom is -0.344 e. The van der Waals surface area contributed by atoms with Crippen molar-refractivity contribution in [3.8, 4) is 0 Å². The van der Waals surface area contributed by atoms with E-state index in [0.717, 1.165) is 19.3 Å². The standard InChI is InChI=1S/C36H53N9O6/c1-6-13-26(32(47)35(50)37-24-15-8-7-9-16-24)38-34(49)31-25-17-12-14-23(25)20-45(31)36(51)30(22(4)5)40-33(48)29(21(2)3)39-28(46)19-11-10-18-27-41-43-44-42-27/h7-9,15-16,21-23,25-26,29-31H,6,10-14,17-20H2,1-5H3,(H,37,50)(H,38,49)(H,39,46)(H,40,48)(H,41,42,43,44)/t23?,25?,26?,29-,30-,31-/m0/s1. The summed E-state index contributed by atoms with van der Waals surface area (Å²) in [6.07, 6.45) is 5.38. The van der Waals surface area contributed by atoms with Gasteiger partial charge in [-0.05, 0) is 67.9 Å². The van der Waals surface area contributed by atoms with Gasteiger partial charge in [-0.2, -0.15) is 5.21 Å². The number of carbonyl (C=O) groups excluding carboxylic acids is 6. The van der Waals surface area contributed by atoms with Crippen LogP contribution in [0, 0.1) is 23.7 Å². The van der Waals surface area contributed by atoms with Crippen LogP contribution in [0.2, 0.25) is 0 Å². The van der Waals surface area contributed by atoms with Crippen LogP contribution in [-0.4, -0.2) is 91.6 Å². The number of Topliss-reactive ketones (excluding diaryl/α,β-unsaturated/α-hetero) is 1. The van der Waals surface area contributed by atoms with Crippen LogP contribution in [0.15, 0.2) is 30.3 Å². The Morgan fingerprint density at radius 3 is 2.29 bits per heavy atom. The van der Waals surface area contributed by atoms with Gasteiger partial charge in [0.25, 0.3) is 5.91 Å². The zero-order valence-electron chi connectivity index (χ0n) is 30.3. The molecule has 3 unspecified atom stereocenters. The number of unbranched alkanes of at least 4 members (excludes halogenated alkanes) is 1. The number of carbonyl (C=O) groups is 6. The molecule has 2 fully saturated rings. The van der Waals surface area contributed by atoms with Gasteiger partial charge in [0.05, 0.1) is 6.04 Å². The van der Waals surface area contributed by atoms with Gasteiger partial charge in [-0.25, -0.2) is 0 Å². The van der Waals surface area contributed by atoms with Gasteiger partial charge in [-0.3, -0.25) is 28.8 Å². The molecule has 51 heavy (non-hydrogen) atoms. The molecule has 1 saturated heterocycles. The van der Waals surface area contributed by atoms with Crippen molar-refractivity contribution in [1.29, 1.82) is 0 Å². The number of nitrogens with zero attached hydrogens (tertiary/aromatic N) is 4. The first-order valence-corrected chi connectivity index (χ1v) is 18.2. The summed E-state index contributed by atoms with van der Waals surface area (Å²) in [6.45, 7) is 9.51. The zero-order valence-corrected chi connectivity index (χ0v) is 30.3. The first kappa shape index (κ1) is 39.1. The van der Waals surface area contributed by atoms with E-state index in [1.54, 1.807) is 35.2 Å². The Morgan fingerprint density at radius 1 is 0.922 bits per heavy atom. The van der Waals surface area contributed by atoms with Crippen LogP contribution in [0.1, 0.15) is 91.8 Å². The quantitative estimate of drug-likeness (QED) is 0.114. The second kappa shape index (κ2) is 18.5. The highest BCUT2D eigenvalue weighted by molar-refractivity contribution is 6.42. The van der Waals surface area contributed by atoms with Gasteiger partial charge in [0.2, 0.25) is 29.4 Å². The first-order chi connectivity index (χ1) is 24.4. The lowest BCUT2D eigenvalue weighted by Gasteiger charge is -2.34. The average Bonchev–Trinajstić information content (AvgIpc) is 3.86. The van der Waals surface area contributed by atoms with Crippen molar-refractivity contribution in [2.75, 3.05) is 11.9 Å². The van der Waals surface area contributed by atoms with Crippen LogP contribution in [-0.2, 0) is 35.2 Å². The van der Waals surface area contributed by atoms with E-state index in [1.807, 2.05) is 34.6 Å². The summed E-state index contributed by atoms with van der Waals surface area (Å²) in [5.41, 5.74) is 0.469. The maximum Gasteiger partial charge on any atom is 0.293 e. The summed E-state index contributed by atoms with van der Waals surface area (Å²) in [7, 11) is 0. The number of H-pyrrole nitrogens is 1. The minimum absolute atomic E-state index is 0.101. The summed E-state index contributed by atoms with van der Waals surface area (Å²) in [5.74, 6) is -3.19. The number of amides is 5. The number of fused-ring (bicyclic) bond motifs is 1. The number of benzene rings is 1. The number of rotatable bonds is 18. The molecule has 2 aromatic rings. The second-order valence-corrected chi connectivity index (χ2v) is 14.4. The molecule has 2 aliphatic rings. The van der Waals surface area contributed by atoms with E-state index >= 15 is 0 Å². The van der Waals surface area contributed by atoms with Crippen LogP contribution < -0.4 is 21.3 Å². The molecule has 278 valence electrons. The van der Waals surface area contributed by atoms with Gasteiger partial charge in [0.15, 0.2) is 5.82 Å². The number of aryl methyl sites for hydroxylation is 1. The maximum absolute atomic E-state index is 14.3. The number of nitrogens with one attached hydrogen (secondary N) is 5.